The summed E-state index contributed by atoms with van der Waals surface area (Å²) in [6.45, 7) is 25.8. The molecule has 0 atom stereocenters. The minimum Gasteiger partial charge on any atom is -0.296 e. The van der Waals surface area contributed by atoms with Crippen LogP contribution < -0.4 is 0 Å². The van der Waals surface area contributed by atoms with Gasteiger partial charge in [-0.25, -0.2) is 0 Å². The highest BCUT2D eigenvalue weighted by atomic mass is 28.4. The Labute approximate surface area is 173 Å². The molecule has 0 amide bonds. The van der Waals surface area contributed by atoms with E-state index in [2.05, 4.69) is 67.5 Å². The topological polar surface area (TPSA) is 9.72 Å². The van der Waals surface area contributed by atoms with Crippen LogP contribution >= 0.6 is 0 Å². The van der Waals surface area contributed by atoms with E-state index in [4.69, 9.17) is 0 Å². The van der Waals surface area contributed by atoms with Crippen molar-refractivity contribution >= 4 is 8.56 Å². The van der Waals surface area contributed by atoms with Gasteiger partial charge in [-0.2, -0.15) is 0 Å². The maximum atomic E-state index is 4.50. The first-order valence-corrected chi connectivity index (χ1v) is 13.9. The molecule has 4 heteroatoms. The lowest BCUT2D eigenvalue weighted by molar-refractivity contribution is 0.238. The van der Waals surface area contributed by atoms with Crippen LogP contribution in [-0.2, 0) is 0 Å². The van der Waals surface area contributed by atoms with Crippen molar-refractivity contribution in [1.29, 1.82) is 0 Å². The van der Waals surface area contributed by atoms with E-state index in [-0.39, 0.29) is 0 Å². The van der Waals surface area contributed by atoms with E-state index >= 15 is 0 Å². The molecule has 0 aromatic rings. The highest BCUT2D eigenvalue weighted by Crippen LogP contribution is 2.25. The average Bonchev–Trinajstić information content (AvgIpc) is 2.68. The number of unbranched alkanes of at least 4 members (excludes halogenated alkanes) is 3. The van der Waals surface area contributed by atoms with Gasteiger partial charge in [-0.05, 0) is 77.8 Å². The van der Waals surface area contributed by atoms with Crippen LogP contribution in [0.25, 0.3) is 0 Å². The van der Waals surface area contributed by atoms with Gasteiger partial charge in [-0.3, -0.25) is 13.7 Å². The van der Waals surface area contributed by atoms with Gasteiger partial charge in [0.25, 0.3) is 0 Å². The molecule has 0 heterocycles. The van der Waals surface area contributed by atoms with E-state index in [9.17, 15) is 0 Å². The predicted octanol–water partition coefficient (Wildman–Crippen LogP) is 6.19. The van der Waals surface area contributed by atoms with Crippen LogP contribution in [0.3, 0.4) is 0 Å². The van der Waals surface area contributed by atoms with Crippen molar-refractivity contribution in [2.24, 2.45) is 0 Å². The lowest BCUT2D eigenvalue weighted by atomic mass is 10.3. The summed E-state index contributed by atoms with van der Waals surface area (Å²) >= 11 is 0. The van der Waals surface area contributed by atoms with Crippen molar-refractivity contribution in [3.63, 3.8) is 0 Å². The maximum Gasteiger partial charge on any atom is 0.315 e. The normalized spacial score (nSPS) is 12.5. The Bertz CT molecular complexity index is 303. The van der Waals surface area contributed by atoms with Crippen molar-refractivity contribution in [3.05, 3.63) is 12.3 Å². The minimum absolute atomic E-state index is 1.21. The molecule has 0 aromatic heterocycles. The molecular formula is C23H51N3Si. The number of hydrogen-bond donors (Lipinski definition) is 0. The molecule has 0 bridgehead atoms. The highest BCUT2D eigenvalue weighted by molar-refractivity contribution is 6.76. The molecule has 0 aliphatic carbocycles. The molecule has 0 unspecified atom stereocenters. The largest absolute Gasteiger partial charge is 0.315 e. The van der Waals surface area contributed by atoms with Crippen LogP contribution in [0.1, 0.15) is 99.3 Å². The number of rotatable bonds is 19. The monoisotopic (exact) mass is 397 g/mol. The van der Waals surface area contributed by atoms with Crippen LogP contribution in [0.15, 0.2) is 12.3 Å². The second-order valence-corrected chi connectivity index (χ2v) is 11.6. The first-order chi connectivity index (χ1) is 13.1. The van der Waals surface area contributed by atoms with Crippen LogP contribution in [0.5, 0.6) is 0 Å². The molecule has 0 aliphatic rings. The Hall–Kier alpha value is -0.163. The van der Waals surface area contributed by atoms with Crippen LogP contribution in [0, 0.1) is 0 Å². The van der Waals surface area contributed by atoms with Crippen molar-refractivity contribution in [2.75, 3.05) is 39.3 Å². The predicted molar refractivity (Wildman–Crippen MR) is 126 cm³/mol. The first kappa shape index (κ1) is 26.8. The Balaban J connectivity index is 6.13. The van der Waals surface area contributed by atoms with E-state index in [1.807, 2.05) is 0 Å². The molecule has 0 rings (SSSR count). The second-order valence-electron chi connectivity index (χ2n) is 7.91. The lowest BCUT2D eigenvalue weighted by Gasteiger charge is -2.53. The Morgan fingerprint density at radius 3 is 1.00 bits per heavy atom. The quantitative estimate of drug-likeness (QED) is 0.241. The third kappa shape index (κ3) is 8.39. The Morgan fingerprint density at radius 1 is 0.519 bits per heavy atom. The van der Waals surface area contributed by atoms with E-state index in [1.54, 1.807) is 0 Å². The highest BCUT2D eigenvalue weighted by Gasteiger charge is 2.47. The van der Waals surface area contributed by atoms with Crippen LogP contribution in [-0.4, -0.2) is 61.5 Å². The summed E-state index contributed by atoms with van der Waals surface area (Å²) in [5, 5.41) is 0. The fourth-order valence-electron chi connectivity index (χ4n) is 4.17. The van der Waals surface area contributed by atoms with Crippen molar-refractivity contribution < 1.29 is 0 Å². The molecule has 162 valence electrons. The van der Waals surface area contributed by atoms with Crippen LogP contribution in [0.2, 0.25) is 0 Å². The fraction of sp³-hybridized carbons (Fsp3) is 0.913. The zero-order chi connectivity index (χ0) is 20.5. The van der Waals surface area contributed by atoms with Gasteiger partial charge in [-0.15, -0.1) is 6.58 Å². The molecule has 0 saturated carbocycles. The maximum absolute atomic E-state index is 4.50. The third-order valence-corrected chi connectivity index (χ3v) is 10.2. The van der Waals surface area contributed by atoms with Crippen LogP contribution in [0.4, 0.5) is 0 Å². The molecule has 0 aliphatic heterocycles. The van der Waals surface area contributed by atoms with Crippen molar-refractivity contribution in [1.82, 2.24) is 13.7 Å². The van der Waals surface area contributed by atoms with E-state index in [1.165, 1.54) is 97.1 Å². The van der Waals surface area contributed by atoms with Gasteiger partial charge < -0.3 is 0 Å². The molecule has 0 radical (unpaired) electrons. The molecular weight excluding hydrogens is 346 g/mol. The summed E-state index contributed by atoms with van der Waals surface area (Å²) in [5.41, 5.74) is 2.43. The smallest absolute Gasteiger partial charge is 0.296 e. The van der Waals surface area contributed by atoms with Gasteiger partial charge in [0.15, 0.2) is 0 Å². The Kier molecular flexibility index (Phi) is 16.7. The minimum atomic E-state index is -2.07. The zero-order valence-corrected chi connectivity index (χ0v) is 20.7. The summed E-state index contributed by atoms with van der Waals surface area (Å²) in [5.74, 6) is 0. The summed E-state index contributed by atoms with van der Waals surface area (Å²) in [4.78, 5) is 0. The SMILES string of the molecule is C=C[Si](N(CCC)CCCC)(N(CCC)CCCC)N(CCC)CCCC. The molecule has 0 fully saturated rings. The number of nitrogens with zero attached hydrogens (tertiary/aromatic N) is 3. The second kappa shape index (κ2) is 16.8. The zero-order valence-electron chi connectivity index (χ0n) is 19.7. The molecule has 0 saturated heterocycles. The molecule has 0 aromatic carbocycles. The third-order valence-electron chi connectivity index (χ3n) is 5.50. The van der Waals surface area contributed by atoms with Gasteiger partial charge in [0.2, 0.25) is 0 Å². The summed E-state index contributed by atoms with van der Waals surface area (Å²) in [6, 6.07) is 0. The first-order valence-electron chi connectivity index (χ1n) is 12.0. The molecule has 0 spiro atoms. The van der Waals surface area contributed by atoms with Gasteiger partial charge in [0, 0.05) is 0 Å². The summed E-state index contributed by atoms with van der Waals surface area (Å²) in [7, 11) is -2.07. The molecule has 27 heavy (non-hydrogen) atoms. The molecule has 0 N–H and O–H groups in total. The van der Waals surface area contributed by atoms with Gasteiger partial charge in [0.05, 0.1) is 0 Å². The average molecular weight is 398 g/mol. The standard InChI is InChI=1S/C23H51N3Si/c1-8-15-21-24(18-11-4)27(14-7,25(19-12-5)22-16-9-2)26(20-13-6)23-17-10-3/h14H,7-13,15-23H2,1-6H3. The fourth-order valence-corrected chi connectivity index (χ4v) is 9.26. The molecule has 3 nitrogen and oxygen atoms in total. The van der Waals surface area contributed by atoms with Crippen molar-refractivity contribution in [2.45, 2.75) is 99.3 Å². The van der Waals surface area contributed by atoms with Gasteiger partial charge in [-0.1, -0.05) is 66.5 Å². The number of hydrogen-bond acceptors (Lipinski definition) is 3. The van der Waals surface area contributed by atoms with Gasteiger partial charge >= 0.3 is 8.56 Å². The lowest BCUT2D eigenvalue weighted by Crippen LogP contribution is -2.75. The van der Waals surface area contributed by atoms with Crippen molar-refractivity contribution in [3.8, 4) is 0 Å². The van der Waals surface area contributed by atoms with E-state index in [0.29, 0.717) is 0 Å². The van der Waals surface area contributed by atoms with Gasteiger partial charge in [0.1, 0.15) is 0 Å². The summed E-state index contributed by atoms with van der Waals surface area (Å²) in [6.07, 6.45) is 11.4. The summed E-state index contributed by atoms with van der Waals surface area (Å²) < 4.78 is 8.67. The Morgan fingerprint density at radius 2 is 0.815 bits per heavy atom. The van der Waals surface area contributed by atoms with E-state index in [0.717, 1.165) is 0 Å². The van der Waals surface area contributed by atoms with E-state index < -0.39 is 8.56 Å².